The molecule has 2 atom stereocenters. The standard InChI is InChI=1S/C20H27FN7O4P/c1-13(9-28-11-25-16-17(22)23-10-24-18(16)28)32-12-33(31,27-20(2,3)19(29)30)26-8-14-5-4-6-15(21)7-14/h4-7,10-11,13H,8-9,12H2,1-3H3,(H,29,30)(H2,22,23,24)(H2,26,27,31)/t13-,33?/m1/s1. The summed E-state index contributed by atoms with van der Waals surface area (Å²) in [6.45, 7) is 4.96. The Morgan fingerprint density at radius 2 is 2.12 bits per heavy atom. The topological polar surface area (TPSA) is 157 Å². The van der Waals surface area contributed by atoms with Crippen molar-refractivity contribution in [2.75, 3.05) is 12.1 Å². The van der Waals surface area contributed by atoms with Crippen molar-refractivity contribution in [3.8, 4) is 0 Å². The van der Waals surface area contributed by atoms with Gasteiger partial charge in [0.15, 0.2) is 11.5 Å². The maximum absolute atomic E-state index is 13.6. The van der Waals surface area contributed by atoms with Crippen LogP contribution >= 0.6 is 7.44 Å². The Morgan fingerprint density at radius 3 is 2.82 bits per heavy atom. The molecule has 2 heterocycles. The first-order valence-corrected chi connectivity index (χ1v) is 12.0. The molecular weight excluding hydrogens is 452 g/mol. The minimum absolute atomic E-state index is 0.0534. The summed E-state index contributed by atoms with van der Waals surface area (Å²) in [5.74, 6) is -1.34. The third kappa shape index (κ3) is 6.32. The second kappa shape index (κ2) is 9.92. The number of carboxylic acids is 1. The molecule has 0 spiro atoms. The van der Waals surface area contributed by atoms with Crippen LogP contribution in [0.1, 0.15) is 26.3 Å². The van der Waals surface area contributed by atoms with Gasteiger partial charge >= 0.3 is 5.97 Å². The second-order valence-corrected chi connectivity index (χ2v) is 10.5. The lowest BCUT2D eigenvalue weighted by Gasteiger charge is -2.30. The van der Waals surface area contributed by atoms with Crippen LogP contribution in [0.5, 0.6) is 0 Å². The molecule has 5 N–H and O–H groups in total. The summed E-state index contributed by atoms with van der Waals surface area (Å²) in [4.78, 5) is 23.9. The number of halogens is 1. The molecule has 0 radical (unpaired) electrons. The van der Waals surface area contributed by atoms with Gasteiger partial charge in [0.2, 0.25) is 7.44 Å². The van der Waals surface area contributed by atoms with Crippen molar-refractivity contribution in [3.05, 3.63) is 48.3 Å². The van der Waals surface area contributed by atoms with E-state index in [0.717, 1.165) is 0 Å². The van der Waals surface area contributed by atoms with Gasteiger partial charge in [0, 0.05) is 6.54 Å². The molecule has 1 unspecified atom stereocenters. The molecule has 0 fully saturated rings. The zero-order chi connectivity index (χ0) is 24.2. The number of carboxylic acid groups (broad SMARTS) is 1. The number of fused-ring (bicyclic) bond motifs is 1. The first kappa shape index (κ1) is 24.7. The number of rotatable bonds is 11. The Balaban J connectivity index is 1.70. The fourth-order valence-electron chi connectivity index (χ4n) is 3.08. The number of anilines is 1. The highest BCUT2D eigenvalue weighted by Gasteiger charge is 2.36. The fraction of sp³-hybridized carbons (Fsp3) is 0.400. The van der Waals surface area contributed by atoms with Crippen molar-refractivity contribution >= 4 is 30.4 Å². The summed E-state index contributed by atoms with van der Waals surface area (Å²) in [6, 6.07) is 5.82. The Morgan fingerprint density at radius 1 is 1.36 bits per heavy atom. The van der Waals surface area contributed by atoms with E-state index in [1.165, 1.54) is 38.4 Å². The van der Waals surface area contributed by atoms with Gasteiger partial charge in [-0.05, 0) is 38.5 Å². The Bertz CT molecular complexity index is 1190. The molecule has 33 heavy (non-hydrogen) atoms. The number of nitrogens with zero attached hydrogens (tertiary/aromatic N) is 4. The van der Waals surface area contributed by atoms with Gasteiger partial charge in [-0.15, -0.1) is 0 Å². The van der Waals surface area contributed by atoms with Gasteiger partial charge < -0.3 is 20.1 Å². The number of nitrogens with one attached hydrogen (secondary N) is 2. The molecule has 178 valence electrons. The van der Waals surface area contributed by atoms with Crippen molar-refractivity contribution in [2.45, 2.75) is 45.5 Å². The van der Waals surface area contributed by atoms with Gasteiger partial charge in [-0.2, -0.15) is 0 Å². The molecule has 1 aromatic carbocycles. The number of benzene rings is 1. The number of ether oxygens (including phenoxy) is 1. The van der Waals surface area contributed by atoms with Crippen LogP contribution in [0.2, 0.25) is 0 Å². The van der Waals surface area contributed by atoms with Gasteiger partial charge in [-0.3, -0.25) is 9.36 Å². The average Bonchev–Trinajstić information content (AvgIpc) is 3.15. The van der Waals surface area contributed by atoms with E-state index in [9.17, 15) is 18.9 Å². The summed E-state index contributed by atoms with van der Waals surface area (Å²) >= 11 is 0. The van der Waals surface area contributed by atoms with Crippen molar-refractivity contribution in [1.82, 2.24) is 29.7 Å². The highest BCUT2D eigenvalue weighted by Crippen LogP contribution is 2.39. The van der Waals surface area contributed by atoms with Gasteiger partial charge in [-0.1, -0.05) is 12.1 Å². The predicted octanol–water partition coefficient (Wildman–Crippen LogP) is 2.35. The third-order valence-corrected chi connectivity index (χ3v) is 6.95. The van der Waals surface area contributed by atoms with Crippen LogP contribution < -0.4 is 15.9 Å². The molecule has 0 aliphatic rings. The zero-order valence-corrected chi connectivity index (χ0v) is 19.4. The van der Waals surface area contributed by atoms with Crippen molar-refractivity contribution in [1.29, 1.82) is 0 Å². The predicted molar refractivity (Wildman–Crippen MR) is 121 cm³/mol. The molecule has 0 bridgehead atoms. The van der Waals surface area contributed by atoms with E-state index < -0.39 is 30.9 Å². The molecule has 11 nitrogen and oxygen atoms in total. The largest absolute Gasteiger partial charge is 0.480 e. The molecule has 0 aliphatic carbocycles. The number of aromatic nitrogens is 4. The first-order valence-electron chi connectivity index (χ1n) is 10.1. The lowest BCUT2D eigenvalue weighted by atomic mass is 10.1. The fourth-order valence-corrected chi connectivity index (χ4v) is 5.21. The highest BCUT2D eigenvalue weighted by molar-refractivity contribution is 7.59. The smallest absolute Gasteiger partial charge is 0.323 e. The lowest BCUT2D eigenvalue weighted by Crippen LogP contribution is -2.47. The molecule has 0 saturated heterocycles. The minimum atomic E-state index is -3.57. The highest BCUT2D eigenvalue weighted by atomic mass is 31.2. The van der Waals surface area contributed by atoms with Crippen LogP contribution in [0, 0.1) is 5.82 Å². The summed E-state index contributed by atoms with van der Waals surface area (Å²) in [5, 5.41) is 15.0. The van der Waals surface area contributed by atoms with Gasteiger partial charge in [-0.25, -0.2) is 29.5 Å². The third-order valence-electron chi connectivity index (χ3n) is 4.85. The first-order chi connectivity index (χ1) is 15.5. The van der Waals surface area contributed by atoms with E-state index in [1.54, 1.807) is 23.9 Å². The number of nitrogens with two attached hydrogens (primary N) is 1. The summed E-state index contributed by atoms with van der Waals surface area (Å²) in [6.07, 6.45) is 2.16. The Kier molecular flexibility index (Phi) is 7.43. The van der Waals surface area contributed by atoms with E-state index in [0.29, 0.717) is 23.3 Å². The SMILES string of the molecule is C[C@H](Cn1cnc2c(N)ncnc21)OCP(=O)(NCc1cccc(F)c1)NC(C)(C)C(=O)O. The molecule has 3 aromatic rings. The van der Waals surface area contributed by atoms with Gasteiger partial charge in [0.1, 0.15) is 29.5 Å². The number of nitrogen functional groups attached to an aromatic ring is 1. The van der Waals surface area contributed by atoms with Crippen LogP contribution in [0.4, 0.5) is 10.2 Å². The molecule has 0 saturated carbocycles. The number of aliphatic carboxylic acids is 1. The van der Waals surface area contributed by atoms with Crippen LogP contribution in [-0.2, 0) is 27.2 Å². The Labute approximate surface area is 190 Å². The molecule has 3 rings (SSSR count). The van der Waals surface area contributed by atoms with E-state index in [2.05, 4.69) is 25.1 Å². The average molecular weight is 479 g/mol. The maximum atomic E-state index is 13.6. The Hall–Kier alpha value is -2.92. The van der Waals surface area contributed by atoms with Crippen LogP contribution in [0.15, 0.2) is 36.9 Å². The minimum Gasteiger partial charge on any atom is -0.480 e. The van der Waals surface area contributed by atoms with Crippen molar-refractivity contribution < 1.29 is 23.6 Å². The van der Waals surface area contributed by atoms with Gasteiger partial charge in [0.05, 0.1) is 19.0 Å². The zero-order valence-electron chi connectivity index (χ0n) is 18.5. The molecule has 2 aromatic heterocycles. The quantitative estimate of drug-likeness (QED) is 0.301. The van der Waals surface area contributed by atoms with Crippen molar-refractivity contribution in [2.24, 2.45) is 0 Å². The van der Waals surface area contributed by atoms with E-state index in [1.807, 2.05) is 0 Å². The summed E-state index contributed by atoms with van der Waals surface area (Å²) in [5.41, 5.74) is 5.88. The summed E-state index contributed by atoms with van der Waals surface area (Å²) < 4.78 is 34.6. The van der Waals surface area contributed by atoms with E-state index in [-0.39, 0.29) is 18.7 Å². The lowest BCUT2D eigenvalue weighted by molar-refractivity contribution is -0.142. The van der Waals surface area contributed by atoms with E-state index >= 15 is 0 Å². The maximum Gasteiger partial charge on any atom is 0.323 e. The van der Waals surface area contributed by atoms with Gasteiger partial charge in [0.25, 0.3) is 0 Å². The molecule has 0 aliphatic heterocycles. The van der Waals surface area contributed by atoms with E-state index in [4.69, 9.17) is 10.5 Å². The number of hydrogen-bond acceptors (Lipinski definition) is 7. The molecule has 0 amide bonds. The number of hydrogen-bond donors (Lipinski definition) is 4. The van der Waals surface area contributed by atoms with Crippen LogP contribution in [0.3, 0.4) is 0 Å². The number of carbonyl (C=O) groups is 1. The molecular formula is C20H27FN7O4P. The second-order valence-electron chi connectivity index (χ2n) is 8.18. The molecule has 13 heteroatoms. The normalized spacial score (nSPS) is 14.8. The number of imidazole rings is 1. The van der Waals surface area contributed by atoms with Crippen LogP contribution in [0.25, 0.3) is 11.2 Å². The monoisotopic (exact) mass is 479 g/mol. The van der Waals surface area contributed by atoms with Crippen LogP contribution in [-0.4, -0.2) is 48.6 Å². The van der Waals surface area contributed by atoms with Crippen molar-refractivity contribution in [3.63, 3.8) is 0 Å². The summed E-state index contributed by atoms with van der Waals surface area (Å²) in [7, 11) is -3.57.